The van der Waals surface area contributed by atoms with Gasteiger partial charge in [0, 0.05) is 31.7 Å². The SMILES string of the molecule is CC(C)[C@H](NC(=O)c1ccc(C(C)(C)C)cc1)C(=O)NN1CCN(C)CC1. The first-order valence-electron chi connectivity index (χ1n) is 9.73. The van der Waals surface area contributed by atoms with Crippen LogP contribution in [0, 0.1) is 5.92 Å². The lowest BCUT2D eigenvalue weighted by atomic mass is 9.86. The topological polar surface area (TPSA) is 64.7 Å². The van der Waals surface area contributed by atoms with Crippen LogP contribution >= 0.6 is 0 Å². The smallest absolute Gasteiger partial charge is 0.257 e. The van der Waals surface area contributed by atoms with Crippen molar-refractivity contribution in [1.29, 1.82) is 0 Å². The summed E-state index contributed by atoms with van der Waals surface area (Å²) in [6.45, 7) is 13.7. The first-order chi connectivity index (χ1) is 12.6. The molecule has 0 aliphatic carbocycles. The minimum Gasteiger partial charge on any atom is -0.340 e. The van der Waals surface area contributed by atoms with Gasteiger partial charge in [-0.15, -0.1) is 0 Å². The van der Waals surface area contributed by atoms with E-state index in [1.165, 1.54) is 5.56 Å². The number of nitrogens with zero attached hydrogens (tertiary/aromatic N) is 2. The van der Waals surface area contributed by atoms with Gasteiger partial charge in [0.05, 0.1) is 0 Å². The summed E-state index contributed by atoms with van der Waals surface area (Å²) in [6.07, 6.45) is 0. The third-order valence-electron chi connectivity index (χ3n) is 5.02. The van der Waals surface area contributed by atoms with Gasteiger partial charge in [0.1, 0.15) is 6.04 Å². The van der Waals surface area contributed by atoms with E-state index in [0.717, 1.165) is 26.2 Å². The zero-order chi connectivity index (χ0) is 20.2. The average molecular weight is 375 g/mol. The number of hydrazine groups is 1. The fourth-order valence-corrected chi connectivity index (χ4v) is 3.02. The molecule has 6 nitrogen and oxygen atoms in total. The highest BCUT2D eigenvalue weighted by atomic mass is 16.2. The molecule has 2 amide bonds. The molecule has 1 aromatic carbocycles. The Kier molecular flexibility index (Phi) is 7.00. The highest BCUT2D eigenvalue weighted by molar-refractivity contribution is 5.97. The predicted octanol–water partition coefficient (Wildman–Crippen LogP) is 2.02. The van der Waals surface area contributed by atoms with Crippen LogP contribution in [-0.2, 0) is 10.2 Å². The number of hydrogen-bond donors (Lipinski definition) is 2. The molecule has 0 saturated carbocycles. The second-order valence-corrected chi connectivity index (χ2v) is 8.79. The molecule has 0 radical (unpaired) electrons. The van der Waals surface area contributed by atoms with Gasteiger partial charge in [-0.25, -0.2) is 5.01 Å². The first-order valence-corrected chi connectivity index (χ1v) is 9.73. The van der Waals surface area contributed by atoms with Crippen LogP contribution in [0.2, 0.25) is 0 Å². The second-order valence-electron chi connectivity index (χ2n) is 8.79. The van der Waals surface area contributed by atoms with E-state index in [9.17, 15) is 9.59 Å². The number of carbonyl (C=O) groups is 2. The standard InChI is InChI=1S/C21H34N4O2/c1-15(2)18(20(27)23-25-13-11-24(6)12-14-25)22-19(26)16-7-9-17(10-8-16)21(3,4)5/h7-10,15,18H,11-14H2,1-6H3,(H,22,26)(H,23,27)/t18-/m0/s1. The minimum absolute atomic E-state index is 0.00439. The van der Waals surface area contributed by atoms with E-state index < -0.39 is 6.04 Å². The van der Waals surface area contributed by atoms with Crippen molar-refractivity contribution in [2.24, 2.45) is 5.92 Å². The number of benzene rings is 1. The number of nitrogens with one attached hydrogen (secondary N) is 2. The van der Waals surface area contributed by atoms with Crippen molar-refractivity contribution in [3.8, 4) is 0 Å². The monoisotopic (exact) mass is 374 g/mol. The molecule has 1 aliphatic rings. The van der Waals surface area contributed by atoms with Gasteiger partial charge >= 0.3 is 0 Å². The lowest BCUT2D eigenvalue weighted by molar-refractivity contribution is -0.129. The largest absolute Gasteiger partial charge is 0.340 e. The van der Waals surface area contributed by atoms with Gasteiger partial charge in [0.15, 0.2) is 0 Å². The number of amides is 2. The van der Waals surface area contributed by atoms with Gasteiger partial charge in [-0.05, 0) is 36.1 Å². The average Bonchev–Trinajstić information content (AvgIpc) is 2.60. The zero-order valence-electron chi connectivity index (χ0n) is 17.5. The molecule has 2 N–H and O–H groups in total. The van der Waals surface area contributed by atoms with Crippen molar-refractivity contribution in [3.63, 3.8) is 0 Å². The Bertz CT molecular complexity index is 641. The van der Waals surface area contributed by atoms with Gasteiger partial charge in [0.2, 0.25) is 0 Å². The first kappa shape index (κ1) is 21.4. The van der Waals surface area contributed by atoms with Crippen LogP contribution in [0.15, 0.2) is 24.3 Å². The molecule has 1 aromatic rings. The fourth-order valence-electron chi connectivity index (χ4n) is 3.02. The van der Waals surface area contributed by atoms with Crippen molar-refractivity contribution < 1.29 is 9.59 Å². The van der Waals surface area contributed by atoms with Crippen molar-refractivity contribution in [3.05, 3.63) is 35.4 Å². The Morgan fingerprint density at radius 3 is 2.04 bits per heavy atom. The van der Waals surface area contributed by atoms with E-state index in [1.807, 2.05) is 43.1 Å². The maximum atomic E-state index is 12.7. The Labute approximate surface area is 163 Å². The molecule has 0 spiro atoms. The van der Waals surface area contributed by atoms with Crippen molar-refractivity contribution in [2.45, 2.75) is 46.1 Å². The lowest BCUT2D eigenvalue weighted by Crippen LogP contribution is -2.58. The molecule has 0 bridgehead atoms. The summed E-state index contributed by atoms with van der Waals surface area (Å²) in [5, 5.41) is 4.83. The van der Waals surface area contributed by atoms with Gasteiger partial charge < -0.3 is 10.2 Å². The number of rotatable bonds is 5. The Hall–Kier alpha value is -1.92. The van der Waals surface area contributed by atoms with Crippen LogP contribution in [0.3, 0.4) is 0 Å². The number of hydrogen-bond acceptors (Lipinski definition) is 4. The van der Waals surface area contributed by atoms with E-state index in [4.69, 9.17) is 0 Å². The molecule has 1 saturated heterocycles. The molecule has 6 heteroatoms. The normalized spacial score (nSPS) is 17.6. The summed E-state index contributed by atoms with van der Waals surface area (Å²) < 4.78 is 0. The van der Waals surface area contributed by atoms with E-state index >= 15 is 0 Å². The number of piperazine rings is 1. The van der Waals surface area contributed by atoms with Crippen LogP contribution < -0.4 is 10.7 Å². The van der Waals surface area contributed by atoms with Crippen molar-refractivity contribution >= 4 is 11.8 Å². The zero-order valence-corrected chi connectivity index (χ0v) is 17.5. The van der Waals surface area contributed by atoms with E-state index in [2.05, 4.69) is 43.5 Å². The summed E-state index contributed by atoms with van der Waals surface area (Å²) in [5.41, 5.74) is 4.74. The van der Waals surface area contributed by atoms with Crippen molar-refractivity contribution in [1.82, 2.24) is 20.7 Å². The van der Waals surface area contributed by atoms with Gasteiger partial charge in [-0.3, -0.25) is 15.0 Å². The minimum atomic E-state index is -0.570. The summed E-state index contributed by atoms with van der Waals surface area (Å²) in [5.74, 6) is -0.382. The highest BCUT2D eigenvalue weighted by Crippen LogP contribution is 2.22. The highest BCUT2D eigenvalue weighted by Gasteiger charge is 2.27. The van der Waals surface area contributed by atoms with Gasteiger partial charge in [-0.2, -0.15) is 0 Å². The van der Waals surface area contributed by atoms with Gasteiger partial charge in [0.25, 0.3) is 11.8 Å². The van der Waals surface area contributed by atoms with Crippen molar-refractivity contribution in [2.75, 3.05) is 33.2 Å². The third kappa shape index (κ3) is 6.04. The maximum absolute atomic E-state index is 12.7. The van der Waals surface area contributed by atoms with Crippen LogP contribution in [0.4, 0.5) is 0 Å². The van der Waals surface area contributed by atoms with E-state index in [0.29, 0.717) is 5.56 Å². The molecule has 1 atom stereocenters. The maximum Gasteiger partial charge on any atom is 0.257 e. The Morgan fingerprint density at radius 2 is 1.56 bits per heavy atom. The third-order valence-corrected chi connectivity index (χ3v) is 5.02. The predicted molar refractivity (Wildman–Crippen MR) is 108 cm³/mol. The summed E-state index contributed by atoms with van der Waals surface area (Å²) in [6, 6.07) is 7.03. The molecule has 1 aliphatic heterocycles. The van der Waals surface area contributed by atoms with E-state index in [-0.39, 0.29) is 23.1 Å². The van der Waals surface area contributed by atoms with Gasteiger partial charge in [-0.1, -0.05) is 46.8 Å². The number of likely N-dealkylation sites (N-methyl/N-ethyl adjacent to an activating group) is 1. The molecule has 0 aromatic heterocycles. The van der Waals surface area contributed by atoms with Crippen LogP contribution in [-0.4, -0.2) is 61.0 Å². The molecular formula is C21H34N4O2. The Morgan fingerprint density at radius 1 is 1.00 bits per heavy atom. The fraction of sp³-hybridized carbons (Fsp3) is 0.619. The molecule has 1 heterocycles. The quantitative estimate of drug-likeness (QED) is 0.828. The van der Waals surface area contributed by atoms with Crippen LogP contribution in [0.25, 0.3) is 0 Å². The molecule has 1 fully saturated rings. The van der Waals surface area contributed by atoms with E-state index in [1.54, 1.807) is 0 Å². The number of carbonyl (C=O) groups excluding carboxylic acids is 2. The van der Waals surface area contributed by atoms with Crippen LogP contribution in [0.5, 0.6) is 0 Å². The molecule has 2 rings (SSSR count). The van der Waals surface area contributed by atoms with Crippen LogP contribution in [0.1, 0.15) is 50.5 Å². The molecule has 0 unspecified atom stereocenters. The summed E-state index contributed by atoms with van der Waals surface area (Å²) in [4.78, 5) is 27.6. The lowest BCUT2D eigenvalue weighted by Gasteiger charge is -2.34. The second kappa shape index (κ2) is 8.85. The Balaban J connectivity index is 2.00. The summed E-state index contributed by atoms with van der Waals surface area (Å²) in [7, 11) is 2.07. The molecule has 150 valence electrons. The molecular weight excluding hydrogens is 340 g/mol. The summed E-state index contributed by atoms with van der Waals surface area (Å²) >= 11 is 0. The molecule has 27 heavy (non-hydrogen) atoms.